The highest BCUT2D eigenvalue weighted by Gasteiger charge is 2.05. The fraction of sp³-hybridized carbons (Fsp3) is 0.917. The average Bonchev–Trinajstić information content (AvgIpc) is 2.20. The van der Waals surface area contributed by atoms with Crippen LogP contribution in [0.1, 0.15) is 33.1 Å². The Bertz CT molecular complexity index is 186. The molecule has 0 aromatic heterocycles. The van der Waals surface area contributed by atoms with Crippen LogP contribution in [-0.4, -0.2) is 43.2 Å². The van der Waals surface area contributed by atoms with Gasteiger partial charge < -0.3 is 15.4 Å². The zero-order valence-corrected chi connectivity index (χ0v) is 11.7. The van der Waals surface area contributed by atoms with Crippen LogP contribution in [0, 0.1) is 5.92 Å². The lowest BCUT2D eigenvalue weighted by Gasteiger charge is -2.22. The number of rotatable bonds is 10. The first-order chi connectivity index (χ1) is 7.56. The van der Waals surface area contributed by atoms with Crippen LogP contribution in [0.3, 0.4) is 0 Å². The van der Waals surface area contributed by atoms with Crippen molar-refractivity contribution < 1.29 is 4.74 Å². The third-order valence-electron chi connectivity index (χ3n) is 2.54. The Morgan fingerprint density at radius 3 is 2.50 bits per heavy atom. The molecule has 0 atom stereocenters. The Labute approximate surface area is 105 Å². The van der Waals surface area contributed by atoms with E-state index in [9.17, 15) is 0 Å². The van der Waals surface area contributed by atoms with Gasteiger partial charge in [0.05, 0.1) is 11.6 Å². The van der Waals surface area contributed by atoms with Crippen LogP contribution < -0.4 is 5.73 Å². The minimum absolute atomic E-state index is 0.603. The van der Waals surface area contributed by atoms with Crippen LogP contribution in [-0.2, 0) is 4.74 Å². The smallest absolute Gasteiger partial charge is 0.0740 e. The maximum Gasteiger partial charge on any atom is 0.0740 e. The van der Waals surface area contributed by atoms with Gasteiger partial charge in [-0.1, -0.05) is 26.1 Å². The van der Waals surface area contributed by atoms with Crippen LogP contribution >= 0.6 is 12.2 Å². The zero-order valence-electron chi connectivity index (χ0n) is 10.9. The molecule has 0 aliphatic rings. The van der Waals surface area contributed by atoms with Gasteiger partial charge in [-0.05, 0) is 25.3 Å². The van der Waals surface area contributed by atoms with Crippen molar-refractivity contribution in [2.24, 2.45) is 11.7 Å². The number of hydrogen-bond donors (Lipinski definition) is 1. The summed E-state index contributed by atoms with van der Waals surface area (Å²) in [5.41, 5.74) is 5.52. The molecule has 0 spiro atoms. The first-order valence-electron chi connectivity index (χ1n) is 6.05. The molecule has 0 amide bonds. The number of ether oxygens (including phenoxy) is 1. The quantitative estimate of drug-likeness (QED) is 0.599. The predicted octanol–water partition coefficient (Wildman–Crippen LogP) is 2.05. The highest BCUT2D eigenvalue weighted by atomic mass is 32.1. The van der Waals surface area contributed by atoms with Crippen molar-refractivity contribution in [3.8, 4) is 0 Å². The molecule has 0 unspecified atom stereocenters. The summed E-state index contributed by atoms with van der Waals surface area (Å²) in [7, 11) is 1.74. The number of methoxy groups -OCH3 is 1. The third kappa shape index (κ3) is 10.3. The molecule has 4 heteroatoms. The maximum atomic E-state index is 5.52. The fourth-order valence-corrected chi connectivity index (χ4v) is 1.64. The van der Waals surface area contributed by atoms with Crippen molar-refractivity contribution in [1.29, 1.82) is 0 Å². The van der Waals surface area contributed by atoms with Crippen molar-refractivity contribution in [3.63, 3.8) is 0 Å². The molecule has 96 valence electrons. The second kappa shape index (κ2) is 10.00. The van der Waals surface area contributed by atoms with Gasteiger partial charge in [-0.3, -0.25) is 0 Å². The van der Waals surface area contributed by atoms with E-state index >= 15 is 0 Å². The van der Waals surface area contributed by atoms with E-state index in [4.69, 9.17) is 22.7 Å². The third-order valence-corrected chi connectivity index (χ3v) is 2.75. The first-order valence-corrected chi connectivity index (χ1v) is 6.46. The topological polar surface area (TPSA) is 38.5 Å². The second-order valence-corrected chi connectivity index (χ2v) is 5.11. The standard InChI is InChI=1S/C12H26N2OS/c1-11(2)5-4-7-14(9-10-15-3)8-6-12(13)16/h11H,4-10H2,1-3H3,(H2,13,16). The molecule has 0 saturated carbocycles. The van der Waals surface area contributed by atoms with Crippen LogP contribution in [0.5, 0.6) is 0 Å². The van der Waals surface area contributed by atoms with Gasteiger partial charge in [-0.15, -0.1) is 0 Å². The number of hydrogen-bond acceptors (Lipinski definition) is 3. The van der Waals surface area contributed by atoms with Crippen molar-refractivity contribution in [1.82, 2.24) is 4.90 Å². The summed E-state index contributed by atoms with van der Waals surface area (Å²) in [6.07, 6.45) is 3.32. The normalized spacial score (nSPS) is 11.3. The number of nitrogens with zero attached hydrogens (tertiary/aromatic N) is 1. The highest BCUT2D eigenvalue weighted by molar-refractivity contribution is 7.80. The van der Waals surface area contributed by atoms with E-state index in [0.29, 0.717) is 4.99 Å². The van der Waals surface area contributed by atoms with Gasteiger partial charge in [0.1, 0.15) is 0 Å². The molecule has 0 aliphatic carbocycles. The molecular formula is C12H26N2OS. The maximum absolute atomic E-state index is 5.52. The number of nitrogens with two attached hydrogens (primary N) is 1. The molecular weight excluding hydrogens is 220 g/mol. The average molecular weight is 246 g/mol. The molecule has 0 aliphatic heterocycles. The van der Waals surface area contributed by atoms with E-state index in [1.54, 1.807) is 7.11 Å². The fourth-order valence-electron chi connectivity index (χ4n) is 1.55. The van der Waals surface area contributed by atoms with E-state index in [-0.39, 0.29) is 0 Å². The lowest BCUT2D eigenvalue weighted by atomic mass is 10.1. The summed E-state index contributed by atoms with van der Waals surface area (Å²) < 4.78 is 5.10. The van der Waals surface area contributed by atoms with E-state index in [1.807, 2.05) is 0 Å². The summed E-state index contributed by atoms with van der Waals surface area (Å²) >= 11 is 4.90. The van der Waals surface area contributed by atoms with Crippen molar-refractivity contribution in [2.75, 3.05) is 33.4 Å². The summed E-state index contributed by atoms with van der Waals surface area (Å²) in [4.78, 5) is 2.98. The van der Waals surface area contributed by atoms with Crippen LogP contribution in [0.25, 0.3) is 0 Å². The van der Waals surface area contributed by atoms with Gasteiger partial charge in [0.25, 0.3) is 0 Å². The molecule has 0 aromatic rings. The van der Waals surface area contributed by atoms with E-state index in [1.165, 1.54) is 12.8 Å². The Kier molecular flexibility index (Phi) is 9.88. The molecule has 0 radical (unpaired) electrons. The molecule has 3 nitrogen and oxygen atoms in total. The second-order valence-electron chi connectivity index (χ2n) is 4.59. The molecule has 0 bridgehead atoms. The largest absolute Gasteiger partial charge is 0.393 e. The van der Waals surface area contributed by atoms with Crippen molar-refractivity contribution >= 4 is 17.2 Å². The van der Waals surface area contributed by atoms with Gasteiger partial charge in [-0.2, -0.15) is 0 Å². The van der Waals surface area contributed by atoms with Crippen molar-refractivity contribution in [2.45, 2.75) is 33.1 Å². The van der Waals surface area contributed by atoms with Crippen LogP contribution in [0.15, 0.2) is 0 Å². The predicted molar refractivity (Wildman–Crippen MR) is 73.8 cm³/mol. The molecule has 2 N–H and O–H groups in total. The molecule has 16 heavy (non-hydrogen) atoms. The summed E-state index contributed by atoms with van der Waals surface area (Å²) in [5.74, 6) is 0.778. The van der Waals surface area contributed by atoms with Crippen LogP contribution in [0.4, 0.5) is 0 Å². The van der Waals surface area contributed by atoms with Crippen LogP contribution in [0.2, 0.25) is 0 Å². The minimum Gasteiger partial charge on any atom is -0.393 e. The molecule has 0 saturated heterocycles. The molecule has 0 heterocycles. The van der Waals surface area contributed by atoms with E-state index in [0.717, 1.165) is 38.6 Å². The Balaban J connectivity index is 3.75. The Morgan fingerprint density at radius 1 is 1.31 bits per heavy atom. The SMILES string of the molecule is COCCN(CCCC(C)C)CCC(N)=S. The minimum atomic E-state index is 0.603. The lowest BCUT2D eigenvalue weighted by molar-refractivity contribution is 0.147. The first kappa shape index (κ1) is 15.8. The summed E-state index contributed by atoms with van der Waals surface area (Å²) in [6.45, 7) is 8.33. The molecule has 0 rings (SSSR count). The summed E-state index contributed by atoms with van der Waals surface area (Å²) in [5, 5.41) is 0. The van der Waals surface area contributed by atoms with Gasteiger partial charge in [-0.25, -0.2) is 0 Å². The van der Waals surface area contributed by atoms with Gasteiger partial charge in [0.15, 0.2) is 0 Å². The Hall–Kier alpha value is -0.190. The van der Waals surface area contributed by atoms with Crippen molar-refractivity contribution in [3.05, 3.63) is 0 Å². The monoisotopic (exact) mass is 246 g/mol. The lowest BCUT2D eigenvalue weighted by Crippen LogP contribution is -2.31. The molecule has 0 aromatic carbocycles. The van der Waals surface area contributed by atoms with Gasteiger partial charge in [0.2, 0.25) is 0 Å². The molecule has 0 fully saturated rings. The number of thiocarbonyl (C=S) groups is 1. The Morgan fingerprint density at radius 2 is 2.00 bits per heavy atom. The summed E-state index contributed by atoms with van der Waals surface area (Å²) in [6, 6.07) is 0. The van der Waals surface area contributed by atoms with E-state index in [2.05, 4.69) is 18.7 Å². The van der Waals surface area contributed by atoms with Gasteiger partial charge in [0, 0.05) is 26.6 Å². The van der Waals surface area contributed by atoms with E-state index < -0.39 is 0 Å². The van der Waals surface area contributed by atoms with Gasteiger partial charge >= 0.3 is 0 Å². The highest BCUT2D eigenvalue weighted by Crippen LogP contribution is 2.05. The zero-order chi connectivity index (χ0) is 12.4.